The van der Waals surface area contributed by atoms with Crippen LogP contribution < -0.4 is 0 Å². The van der Waals surface area contributed by atoms with E-state index in [1.807, 2.05) is 6.92 Å². The SMILES string of the molecule is CCCCOCCOP(=O)(O)OCCOCC. The van der Waals surface area contributed by atoms with E-state index >= 15 is 0 Å². The van der Waals surface area contributed by atoms with Crippen molar-refractivity contribution in [2.45, 2.75) is 26.7 Å². The highest BCUT2D eigenvalue weighted by atomic mass is 31.2. The zero-order valence-electron chi connectivity index (χ0n) is 10.6. The lowest BCUT2D eigenvalue weighted by molar-refractivity contribution is 0.0600. The Kier molecular flexibility index (Phi) is 11.2. The topological polar surface area (TPSA) is 74.2 Å². The van der Waals surface area contributed by atoms with Gasteiger partial charge >= 0.3 is 7.82 Å². The van der Waals surface area contributed by atoms with Gasteiger partial charge in [-0.15, -0.1) is 0 Å². The molecule has 1 atom stereocenters. The number of hydrogen-bond acceptors (Lipinski definition) is 5. The summed E-state index contributed by atoms with van der Waals surface area (Å²) in [7, 11) is -3.95. The lowest BCUT2D eigenvalue weighted by Crippen LogP contribution is -2.07. The molecule has 0 fully saturated rings. The minimum absolute atomic E-state index is 0.0400. The summed E-state index contributed by atoms with van der Waals surface area (Å²) >= 11 is 0. The normalized spacial score (nSPS) is 14.8. The van der Waals surface area contributed by atoms with Crippen LogP contribution in [0.2, 0.25) is 0 Å². The van der Waals surface area contributed by atoms with E-state index in [-0.39, 0.29) is 19.8 Å². The molecule has 0 saturated carbocycles. The molecule has 0 aromatic heterocycles. The highest BCUT2D eigenvalue weighted by Crippen LogP contribution is 2.42. The molecule has 7 heteroatoms. The average molecular weight is 270 g/mol. The first-order valence-corrected chi connectivity index (χ1v) is 7.39. The first-order valence-electron chi connectivity index (χ1n) is 5.89. The summed E-state index contributed by atoms with van der Waals surface area (Å²) in [5, 5.41) is 0. The molecule has 0 aliphatic rings. The van der Waals surface area contributed by atoms with Crippen LogP contribution in [0.4, 0.5) is 0 Å². The van der Waals surface area contributed by atoms with Crippen molar-refractivity contribution >= 4 is 7.82 Å². The number of ether oxygens (including phenoxy) is 2. The molecular weight excluding hydrogens is 247 g/mol. The summed E-state index contributed by atoms with van der Waals surface area (Å²) in [5.41, 5.74) is 0. The molecule has 0 rings (SSSR count). The summed E-state index contributed by atoms with van der Waals surface area (Å²) in [6.07, 6.45) is 2.03. The van der Waals surface area contributed by atoms with E-state index in [0.29, 0.717) is 19.8 Å². The second-order valence-corrected chi connectivity index (χ2v) is 4.75. The minimum atomic E-state index is -3.95. The number of hydrogen-bond donors (Lipinski definition) is 1. The van der Waals surface area contributed by atoms with Gasteiger partial charge in [-0.1, -0.05) is 13.3 Å². The standard InChI is InChI=1S/C10H23O6P/c1-3-5-6-14-8-10-16-17(11,12)15-9-7-13-4-2/h3-10H2,1-2H3,(H,11,12). The fourth-order valence-corrected chi connectivity index (χ4v) is 1.64. The highest BCUT2D eigenvalue weighted by molar-refractivity contribution is 7.47. The third kappa shape index (κ3) is 12.3. The van der Waals surface area contributed by atoms with E-state index in [1.165, 1.54) is 0 Å². The van der Waals surface area contributed by atoms with Crippen molar-refractivity contribution in [3.05, 3.63) is 0 Å². The van der Waals surface area contributed by atoms with Gasteiger partial charge in [-0.05, 0) is 13.3 Å². The summed E-state index contributed by atoms with van der Waals surface area (Å²) < 4.78 is 30.8. The van der Waals surface area contributed by atoms with E-state index in [2.05, 4.69) is 11.4 Å². The predicted octanol–water partition coefficient (Wildman–Crippen LogP) is 1.97. The zero-order chi connectivity index (χ0) is 13.0. The van der Waals surface area contributed by atoms with Gasteiger partial charge in [0.2, 0.25) is 0 Å². The summed E-state index contributed by atoms with van der Waals surface area (Å²) in [5.74, 6) is 0. The summed E-state index contributed by atoms with van der Waals surface area (Å²) in [6.45, 7) is 5.74. The largest absolute Gasteiger partial charge is 0.472 e. The van der Waals surface area contributed by atoms with Crippen molar-refractivity contribution in [2.75, 3.05) is 39.6 Å². The summed E-state index contributed by atoms with van der Waals surface area (Å²) in [6, 6.07) is 0. The maximum absolute atomic E-state index is 11.3. The molecular formula is C10H23O6P. The molecule has 0 aromatic rings. The van der Waals surface area contributed by atoms with Crippen molar-refractivity contribution in [1.82, 2.24) is 0 Å². The van der Waals surface area contributed by atoms with Gasteiger partial charge in [0, 0.05) is 13.2 Å². The van der Waals surface area contributed by atoms with E-state index in [9.17, 15) is 9.46 Å². The molecule has 0 aromatic carbocycles. The average Bonchev–Trinajstić information content (AvgIpc) is 2.29. The van der Waals surface area contributed by atoms with Gasteiger partial charge in [-0.2, -0.15) is 0 Å². The minimum Gasteiger partial charge on any atom is -0.379 e. The van der Waals surface area contributed by atoms with Crippen molar-refractivity contribution in [1.29, 1.82) is 0 Å². The first-order chi connectivity index (χ1) is 8.12. The van der Waals surface area contributed by atoms with Crippen LogP contribution in [0.5, 0.6) is 0 Å². The maximum Gasteiger partial charge on any atom is 0.472 e. The molecule has 0 bridgehead atoms. The van der Waals surface area contributed by atoms with Crippen molar-refractivity contribution in [2.24, 2.45) is 0 Å². The van der Waals surface area contributed by atoms with Crippen molar-refractivity contribution in [3.8, 4) is 0 Å². The molecule has 0 heterocycles. The second-order valence-electron chi connectivity index (χ2n) is 3.30. The number of phosphoric ester groups is 1. The van der Waals surface area contributed by atoms with Gasteiger partial charge in [0.1, 0.15) is 0 Å². The molecule has 0 aliphatic heterocycles. The molecule has 0 spiro atoms. The second kappa shape index (κ2) is 11.1. The quantitative estimate of drug-likeness (QED) is 0.431. The fraction of sp³-hybridized carbons (Fsp3) is 1.00. The third-order valence-electron chi connectivity index (χ3n) is 1.81. The van der Waals surface area contributed by atoms with Crippen LogP contribution in [0.25, 0.3) is 0 Å². The Bertz CT molecular complexity index is 211. The van der Waals surface area contributed by atoms with Gasteiger partial charge in [0.15, 0.2) is 0 Å². The van der Waals surface area contributed by atoms with Crippen LogP contribution >= 0.6 is 7.82 Å². The Morgan fingerprint density at radius 2 is 1.53 bits per heavy atom. The molecule has 0 saturated heterocycles. The monoisotopic (exact) mass is 270 g/mol. The van der Waals surface area contributed by atoms with Crippen LogP contribution in [0.15, 0.2) is 0 Å². The highest BCUT2D eigenvalue weighted by Gasteiger charge is 2.20. The molecule has 0 amide bonds. The van der Waals surface area contributed by atoms with E-state index in [1.54, 1.807) is 0 Å². The zero-order valence-corrected chi connectivity index (χ0v) is 11.5. The molecule has 17 heavy (non-hydrogen) atoms. The molecule has 1 N–H and O–H groups in total. The Morgan fingerprint density at radius 1 is 0.941 bits per heavy atom. The third-order valence-corrected chi connectivity index (χ3v) is 2.83. The predicted molar refractivity (Wildman–Crippen MR) is 63.9 cm³/mol. The lowest BCUT2D eigenvalue weighted by atomic mass is 10.4. The Morgan fingerprint density at radius 3 is 2.06 bits per heavy atom. The molecule has 6 nitrogen and oxygen atoms in total. The molecule has 0 radical (unpaired) electrons. The summed E-state index contributed by atoms with van der Waals surface area (Å²) in [4.78, 5) is 9.22. The number of phosphoric acid groups is 1. The first kappa shape index (κ1) is 17.0. The van der Waals surface area contributed by atoms with Gasteiger partial charge < -0.3 is 14.4 Å². The van der Waals surface area contributed by atoms with Crippen LogP contribution in [-0.2, 0) is 23.1 Å². The van der Waals surface area contributed by atoms with Crippen LogP contribution in [0.1, 0.15) is 26.7 Å². The Balaban J connectivity index is 3.40. The lowest BCUT2D eigenvalue weighted by Gasteiger charge is -2.12. The number of rotatable bonds is 12. The van der Waals surface area contributed by atoms with Gasteiger partial charge in [0.05, 0.1) is 26.4 Å². The molecule has 1 unspecified atom stereocenters. The smallest absolute Gasteiger partial charge is 0.379 e. The van der Waals surface area contributed by atoms with E-state index in [4.69, 9.17) is 14.0 Å². The van der Waals surface area contributed by atoms with Crippen molar-refractivity contribution < 1.29 is 28.0 Å². The van der Waals surface area contributed by atoms with E-state index in [0.717, 1.165) is 12.8 Å². The molecule has 0 aliphatic carbocycles. The van der Waals surface area contributed by atoms with E-state index < -0.39 is 7.82 Å². The van der Waals surface area contributed by atoms with Crippen LogP contribution in [-0.4, -0.2) is 44.5 Å². The van der Waals surface area contributed by atoms with Gasteiger partial charge in [-0.3, -0.25) is 9.05 Å². The van der Waals surface area contributed by atoms with Gasteiger partial charge in [-0.25, -0.2) is 4.57 Å². The number of unbranched alkanes of at least 4 members (excludes halogenated alkanes) is 1. The van der Waals surface area contributed by atoms with Crippen LogP contribution in [0.3, 0.4) is 0 Å². The fourth-order valence-electron chi connectivity index (χ4n) is 0.953. The van der Waals surface area contributed by atoms with Crippen molar-refractivity contribution in [3.63, 3.8) is 0 Å². The Labute approximate surface area is 103 Å². The Hall–Kier alpha value is 0.0300. The van der Waals surface area contributed by atoms with Crippen LogP contribution in [0, 0.1) is 0 Å². The molecule has 104 valence electrons. The maximum atomic E-state index is 11.3. The van der Waals surface area contributed by atoms with Gasteiger partial charge in [0.25, 0.3) is 0 Å².